The highest BCUT2D eigenvalue weighted by molar-refractivity contribution is 5.65. The Morgan fingerprint density at radius 2 is 1.76 bits per heavy atom. The molecular formula is C20H24O. The zero-order valence-corrected chi connectivity index (χ0v) is 13.1. The van der Waals surface area contributed by atoms with Crippen LogP contribution in [0.1, 0.15) is 37.3 Å². The number of aryl methyl sites for hydroxylation is 1. The Labute approximate surface area is 128 Å². The minimum atomic E-state index is 0.898. The van der Waals surface area contributed by atoms with Gasteiger partial charge in [0.1, 0.15) is 5.75 Å². The molecule has 1 heteroatoms. The van der Waals surface area contributed by atoms with E-state index in [4.69, 9.17) is 4.74 Å². The van der Waals surface area contributed by atoms with E-state index >= 15 is 0 Å². The summed E-state index contributed by atoms with van der Waals surface area (Å²) in [6.45, 7) is 2.29. The maximum atomic E-state index is 5.23. The molecule has 0 N–H and O–H groups in total. The standard InChI is InChI=1S/C20H24O/c1-3-4-15-5-6-19-14-18(8-7-17(19)13-15)16-9-11-20(21-2)12-10-16/h7-12,14-15H,3-6,13H2,1-2H3. The summed E-state index contributed by atoms with van der Waals surface area (Å²) in [7, 11) is 1.71. The van der Waals surface area contributed by atoms with Gasteiger partial charge in [-0.1, -0.05) is 50.1 Å². The summed E-state index contributed by atoms with van der Waals surface area (Å²) in [6.07, 6.45) is 6.55. The maximum absolute atomic E-state index is 5.23. The fourth-order valence-electron chi connectivity index (χ4n) is 3.45. The Morgan fingerprint density at radius 3 is 2.48 bits per heavy atom. The van der Waals surface area contributed by atoms with Gasteiger partial charge in [0.15, 0.2) is 0 Å². The van der Waals surface area contributed by atoms with Crippen LogP contribution in [0.4, 0.5) is 0 Å². The second-order valence-corrected chi connectivity index (χ2v) is 6.11. The molecule has 21 heavy (non-hydrogen) atoms. The average Bonchev–Trinajstić information content (AvgIpc) is 2.55. The summed E-state index contributed by atoms with van der Waals surface area (Å²) >= 11 is 0. The van der Waals surface area contributed by atoms with Crippen molar-refractivity contribution in [3.05, 3.63) is 53.6 Å². The Hall–Kier alpha value is -1.76. The lowest BCUT2D eigenvalue weighted by molar-refractivity contribution is 0.415. The number of ether oxygens (including phenoxy) is 1. The molecule has 1 nitrogen and oxygen atoms in total. The third-order valence-corrected chi connectivity index (χ3v) is 4.66. The molecule has 3 rings (SSSR count). The average molecular weight is 280 g/mol. The SMILES string of the molecule is CCCC1CCc2cc(-c3ccc(OC)cc3)ccc2C1. The van der Waals surface area contributed by atoms with Crippen molar-refractivity contribution in [2.45, 2.75) is 39.0 Å². The van der Waals surface area contributed by atoms with Crippen LogP contribution < -0.4 is 4.74 Å². The van der Waals surface area contributed by atoms with Crippen LogP contribution in [0.15, 0.2) is 42.5 Å². The summed E-state index contributed by atoms with van der Waals surface area (Å²) < 4.78 is 5.23. The van der Waals surface area contributed by atoms with E-state index in [1.165, 1.54) is 43.2 Å². The van der Waals surface area contributed by atoms with Crippen LogP contribution in [0, 0.1) is 5.92 Å². The number of rotatable bonds is 4. The molecule has 2 aromatic carbocycles. The van der Waals surface area contributed by atoms with Gasteiger partial charge in [-0.3, -0.25) is 0 Å². The molecule has 1 aliphatic rings. The predicted octanol–water partition coefficient (Wildman–Crippen LogP) is 5.27. The van der Waals surface area contributed by atoms with Crippen LogP contribution in [0.5, 0.6) is 5.75 Å². The zero-order valence-electron chi connectivity index (χ0n) is 13.1. The van der Waals surface area contributed by atoms with Gasteiger partial charge in [0.05, 0.1) is 7.11 Å². The number of benzene rings is 2. The van der Waals surface area contributed by atoms with Crippen LogP contribution in [-0.4, -0.2) is 7.11 Å². The second-order valence-electron chi connectivity index (χ2n) is 6.11. The van der Waals surface area contributed by atoms with E-state index in [0.717, 1.165) is 11.7 Å². The molecular weight excluding hydrogens is 256 g/mol. The van der Waals surface area contributed by atoms with E-state index < -0.39 is 0 Å². The monoisotopic (exact) mass is 280 g/mol. The molecule has 0 spiro atoms. The van der Waals surface area contributed by atoms with E-state index in [1.54, 1.807) is 18.2 Å². The highest BCUT2D eigenvalue weighted by atomic mass is 16.5. The lowest BCUT2D eigenvalue weighted by Gasteiger charge is -2.24. The molecule has 0 bridgehead atoms. The molecule has 0 amide bonds. The van der Waals surface area contributed by atoms with E-state index in [0.29, 0.717) is 0 Å². The minimum Gasteiger partial charge on any atom is -0.497 e. The lowest BCUT2D eigenvalue weighted by Crippen LogP contribution is -2.14. The van der Waals surface area contributed by atoms with Crippen LogP contribution in [0.2, 0.25) is 0 Å². The first-order valence-corrected chi connectivity index (χ1v) is 8.06. The normalized spacial score (nSPS) is 17.3. The summed E-state index contributed by atoms with van der Waals surface area (Å²) in [5.41, 5.74) is 5.72. The third kappa shape index (κ3) is 3.12. The first-order valence-electron chi connectivity index (χ1n) is 8.06. The Balaban J connectivity index is 1.83. The molecule has 0 fully saturated rings. The summed E-state index contributed by atoms with van der Waals surface area (Å²) in [5, 5.41) is 0. The fourth-order valence-corrected chi connectivity index (χ4v) is 3.45. The van der Waals surface area contributed by atoms with Gasteiger partial charge in [-0.2, -0.15) is 0 Å². The molecule has 1 aliphatic carbocycles. The van der Waals surface area contributed by atoms with Crippen molar-refractivity contribution in [1.82, 2.24) is 0 Å². The van der Waals surface area contributed by atoms with E-state index in [2.05, 4.69) is 37.3 Å². The highest BCUT2D eigenvalue weighted by Crippen LogP contribution is 2.32. The fraction of sp³-hybridized carbons (Fsp3) is 0.400. The van der Waals surface area contributed by atoms with Gasteiger partial charge in [-0.05, 0) is 59.6 Å². The van der Waals surface area contributed by atoms with Gasteiger partial charge >= 0.3 is 0 Å². The highest BCUT2D eigenvalue weighted by Gasteiger charge is 2.18. The number of methoxy groups -OCH3 is 1. The lowest BCUT2D eigenvalue weighted by atomic mass is 9.81. The van der Waals surface area contributed by atoms with E-state index in [1.807, 2.05) is 12.1 Å². The molecule has 1 atom stereocenters. The smallest absolute Gasteiger partial charge is 0.118 e. The van der Waals surface area contributed by atoms with Crippen molar-refractivity contribution in [3.63, 3.8) is 0 Å². The largest absolute Gasteiger partial charge is 0.497 e. The molecule has 0 aliphatic heterocycles. The van der Waals surface area contributed by atoms with Crippen LogP contribution in [-0.2, 0) is 12.8 Å². The third-order valence-electron chi connectivity index (χ3n) is 4.66. The Bertz CT molecular complexity index is 598. The van der Waals surface area contributed by atoms with Gasteiger partial charge in [-0.25, -0.2) is 0 Å². The van der Waals surface area contributed by atoms with Crippen LogP contribution in [0.25, 0.3) is 11.1 Å². The molecule has 1 unspecified atom stereocenters. The predicted molar refractivity (Wildman–Crippen MR) is 88.9 cm³/mol. The van der Waals surface area contributed by atoms with Gasteiger partial charge in [0.2, 0.25) is 0 Å². The van der Waals surface area contributed by atoms with Crippen molar-refractivity contribution in [2.24, 2.45) is 5.92 Å². The maximum Gasteiger partial charge on any atom is 0.118 e. The summed E-state index contributed by atoms with van der Waals surface area (Å²) in [5.74, 6) is 1.81. The topological polar surface area (TPSA) is 9.23 Å². The van der Waals surface area contributed by atoms with Crippen molar-refractivity contribution >= 4 is 0 Å². The van der Waals surface area contributed by atoms with Crippen LogP contribution in [0.3, 0.4) is 0 Å². The first-order chi connectivity index (χ1) is 10.3. The number of hydrogen-bond donors (Lipinski definition) is 0. The van der Waals surface area contributed by atoms with Crippen molar-refractivity contribution in [1.29, 1.82) is 0 Å². The number of hydrogen-bond acceptors (Lipinski definition) is 1. The summed E-state index contributed by atoms with van der Waals surface area (Å²) in [6, 6.07) is 15.4. The van der Waals surface area contributed by atoms with Crippen LogP contribution >= 0.6 is 0 Å². The molecule has 0 radical (unpaired) electrons. The molecule has 0 aromatic heterocycles. The van der Waals surface area contributed by atoms with Crippen molar-refractivity contribution in [3.8, 4) is 16.9 Å². The van der Waals surface area contributed by atoms with Crippen molar-refractivity contribution < 1.29 is 4.74 Å². The molecule has 0 heterocycles. The van der Waals surface area contributed by atoms with Gasteiger partial charge < -0.3 is 4.74 Å². The summed E-state index contributed by atoms with van der Waals surface area (Å²) in [4.78, 5) is 0. The Morgan fingerprint density at radius 1 is 1.00 bits per heavy atom. The molecule has 0 saturated heterocycles. The second kappa shape index (κ2) is 6.34. The number of fused-ring (bicyclic) bond motifs is 1. The zero-order chi connectivity index (χ0) is 14.7. The quantitative estimate of drug-likeness (QED) is 0.741. The van der Waals surface area contributed by atoms with Gasteiger partial charge in [-0.15, -0.1) is 0 Å². The molecule has 0 saturated carbocycles. The minimum absolute atomic E-state index is 0.898. The first kappa shape index (κ1) is 14.2. The van der Waals surface area contributed by atoms with Gasteiger partial charge in [0.25, 0.3) is 0 Å². The van der Waals surface area contributed by atoms with Crippen molar-refractivity contribution in [2.75, 3.05) is 7.11 Å². The molecule has 2 aromatic rings. The molecule has 110 valence electrons. The van der Waals surface area contributed by atoms with E-state index in [-0.39, 0.29) is 0 Å². The van der Waals surface area contributed by atoms with Gasteiger partial charge in [0, 0.05) is 0 Å². The Kier molecular flexibility index (Phi) is 4.28. The van der Waals surface area contributed by atoms with E-state index in [9.17, 15) is 0 Å².